The lowest BCUT2D eigenvalue weighted by Crippen LogP contribution is -1.61. The predicted molar refractivity (Wildman–Crippen MR) is 49.1 cm³/mol. The van der Waals surface area contributed by atoms with E-state index < -0.39 is 0 Å². The molecule has 0 spiro atoms. The van der Waals surface area contributed by atoms with Gasteiger partial charge in [0.1, 0.15) is 0 Å². The molecule has 2 rings (SSSR count). The van der Waals surface area contributed by atoms with E-state index in [0.29, 0.717) is 0 Å². The van der Waals surface area contributed by atoms with Crippen LogP contribution < -0.4 is 0 Å². The maximum absolute atomic E-state index is 3.12. The monoisotopic (exact) mass is 171 g/mol. The van der Waals surface area contributed by atoms with Crippen LogP contribution in [-0.4, -0.2) is 21.4 Å². The molecule has 7 N–H and O–H groups in total. The van der Waals surface area contributed by atoms with Crippen LogP contribution in [0.2, 0.25) is 0 Å². The zero-order valence-electron chi connectivity index (χ0n) is 6.46. The molecule has 0 radical (unpaired) electrons. The molecular weight excluding hydrogens is 158 g/mol. The topological polar surface area (TPSA) is 110 Å². The Kier molecular flexibility index (Phi) is 5.86. The van der Waals surface area contributed by atoms with E-state index in [1.807, 2.05) is 18.3 Å². The second-order valence-corrected chi connectivity index (χ2v) is 2.06. The first-order valence-electron chi connectivity index (χ1n) is 2.99. The van der Waals surface area contributed by atoms with Gasteiger partial charge in [-0.25, -0.2) is 0 Å². The summed E-state index contributed by atoms with van der Waals surface area (Å²) in [6, 6.07) is 10.3. The molecule has 68 valence electrons. The van der Waals surface area contributed by atoms with Crippen molar-refractivity contribution in [2.75, 3.05) is 0 Å². The summed E-state index contributed by atoms with van der Waals surface area (Å²) in [5.74, 6) is 0. The maximum Gasteiger partial charge on any atom is 0.0453 e. The van der Waals surface area contributed by atoms with Gasteiger partial charge in [-0.2, -0.15) is 0 Å². The fourth-order valence-corrected chi connectivity index (χ4v) is 0.995. The second kappa shape index (κ2) is 5.31. The average Bonchev–Trinajstić information content (AvgIpc) is 2.33. The van der Waals surface area contributed by atoms with Crippen molar-refractivity contribution < 1.29 is 16.4 Å². The van der Waals surface area contributed by atoms with Gasteiger partial charge >= 0.3 is 0 Å². The number of hydrogen-bond donors (Lipinski definition) is 1. The van der Waals surface area contributed by atoms with E-state index in [-0.39, 0.29) is 16.4 Å². The zero-order chi connectivity index (χ0) is 6.10. The molecule has 1 heterocycles. The van der Waals surface area contributed by atoms with Crippen LogP contribution in [-0.2, 0) is 0 Å². The minimum Gasteiger partial charge on any atom is -0.412 e. The van der Waals surface area contributed by atoms with Gasteiger partial charge in [0.2, 0.25) is 0 Å². The van der Waals surface area contributed by atoms with Gasteiger partial charge in [0, 0.05) is 11.7 Å². The molecule has 0 aliphatic carbocycles. The molecular formula is C8H13NO3. The summed E-state index contributed by atoms with van der Waals surface area (Å²) in [7, 11) is 0. The maximum atomic E-state index is 3.12. The summed E-state index contributed by atoms with van der Waals surface area (Å²) in [6.07, 6.45) is 1.95. The van der Waals surface area contributed by atoms with Crippen LogP contribution in [0.4, 0.5) is 0 Å². The predicted octanol–water partition coefficient (Wildman–Crippen LogP) is -0.306. The van der Waals surface area contributed by atoms with Crippen LogP contribution in [0.1, 0.15) is 0 Å². The van der Waals surface area contributed by atoms with Gasteiger partial charge < -0.3 is 21.4 Å². The Morgan fingerprint density at radius 3 is 2.17 bits per heavy atom. The van der Waals surface area contributed by atoms with Crippen molar-refractivity contribution >= 4 is 10.9 Å². The quantitative estimate of drug-likeness (QED) is 0.561. The Balaban J connectivity index is 0. The Hall–Kier alpha value is -1.36. The summed E-state index contributed by atoms with van der Waals surface area (Å²) < 4.78 is 0. The van der Waals surface area contributed by atoms with E-state index in [2.05, 4.69) is 23.2 Å². The smallest absolute Gasteiger partial charge is 0.0453 e. The Labute approximate surface area is 69.8 Å². The van der Waals surface area contributed by atoms with E-state index in [1.165, 1.54) is 10.9 Å². The highest BCUT2D eigenvalue weighted by Crippen LogP contribution is 2.09. The van der Waals surface area contributed by atoms with Crippen LogP contribution >= 0.6 is 0 Å². The number of aromatic nitrogens is 1. The Morgan fingerprint density at radius 2 is 1.50 bits per heavy atom. The molecule has 0 unspecified atom stereocenters. The van der Waals surface area contributed by atoms with Crippen molar-refractivity contribution in [1.82, 2.24) is 4.98 Å². The summed E-state index contributed by atoms with van der Waals surface area (Å²) in [5.41, 5.74) is 1.21. The minimum absolute atomic E-state index is 0. The lowest BCUT2D eigenvalue weighted by molar-refractivity contribution is 0.823. The van der Waals surface area contributed by atoms with E-state index >= 15 is 0 Å². The number of fused-ring (bicyclic) bond motifs is 1. The van der Waals surface area contributed by atoms with Crippen LogP contribution in [0.15, 0.2) is 36.5 Å². The molecule has 0 fully saturated rings. The number of H-pyrrole nitrogens is 1. The highest BCUT2D eigenvalue weighted by molar-refractivity contribution is 5.78. The first kappa shape index (κ1) is 13.2. The number of benzene rings is 1. The molecule has 0 amide bonds. The van der Waals surface area contributed by atoms with Crippen LogP contribution in [0.3, 0.4) is 0 Å². The van der Waals surface area contributed by atoms with Gasteiger partial charge in [0.25, 0.3) is 0 Å². The molecule has 0 aliphatic rings. The minimum atomic E-state index is 0. The number of nitrogens with one attached hydrogen (secondary N) is 1. The fraction of sp³-hybridized carbons (Fsp3) is 0. The van der Waals surface area contributed by atoms with Crippen molar-refractivity contribution in [2.24, 2.45) is 0 Å². The molecule has 1 aromatic heterocycles. The number of hydrogen-bond acceptors (Lipinski definition) is 0. The molecule has 0 aliphatic heterocycles. The first-order chi connectivity index (χ1) is 4.47. The van der Waals surface area contributed by atoms with E-state index in [0.717, 1.165) is 0 Å². The number of rotatable bonds is 0. The number of para-hydroxylation sites is 1. The Morgan fingerprint density at radius 1 is 0.833 bits per heavy atom. The molecule has 0 saturated carbocycles. The molecule has 0 saturated heterocycles. The van der Waals surface area contributed by atoms with Crippen molar-refractivity contribution in [3.8, 4) is 0 Å². The summed E-state index contributed by atoms with van der Waals surface area (Å²) >= 11 is 0. The molecule has 4 nitrogen and oxygen atoms in total. The van der Waals surface area contributed by atoms with Crippen molar-refractivity contribution in [2.45, 2.75) is 0 Å². The first-order valence-corrected chi connectivity index (χ1v) is 2.99. The molecule has 1 aromatic carbocycles. The fourth-order valence-electron chi connectivity index (χ4n) is 0.995. The highest BCUT2D eigenvalue weighted by atomic mass is 16.0. The van der Waals surface area contributed by atoms with Crippen molar-refractivity contribution in [1.29, 1.82) is 0 Å². The Bertz CT molecular complexity index is 288. The van der Waals surface area contributed by atoms with Crippen LogP contribution in [0.5, 0.6) is 0 Å². The van der Waals surface area contributed by atoms with E-state index in [9.17, 15) is 0 Å². The van der Waals surface area contributed by atoms with Gasteiger partial charge in [0.15, 0.2) is 0 Å². The average molecular weight is 171 g/mol. The SMILES string of the molecule is O.O.O.c1ccc2[nH]ccc2c1. The summed E-state index contributed by atoms with van der Waals surface area (Å²) in [4.78, 5) is 3.12. The third-order valence-corrected chi connectivity index (χ3v) is 1.46. The van der Waals surface area contributed by atoms with Gasteiger partial charge in [-0.05, 0) is 17.5 Å². The molecule has 12 heavy (non-hydrogen) atoms. The van der Waals surface area contributed by atoms with Crippen LogP contribution in [0.25, 0.3) is 10.9 Å². The third kappa shape index (κ3) is 2.06. The lowest BCUT2D eigenvalue weighted by atomic mass is 10.3. The van der Waals surface area contributed by atoms with E-state index in [4.69, 9.17) is 0 Å². The lowest BCUT2D eigenvalue weighted by Gasteiger charge is -1.83. The van der Waals surface area contributed by atoms with Crippen LogP contribution in [0, 0.1) is 0 Å². The van der Waals surface area contributed by atoms with Crippen molar-refractivity contribution in [3.63, 3.8) is 0 Å². The summed E-state index contributed by atoms with van der Waals surface area (Å²) in [6.45, 7) is 0. The van der Waals surface area contributed by atoms with Crippen molar-refractivity contribution in [3.05, 3.63) is 36.5 Å². The standard InChI is InChI=1S/C8H7N.3H2O/c1-2-4-8-7(3-1)5-6-9-8;;;/h1-6,9H;3*1H2. The number of aromatic amines is 1. The zero-order valence-corrected chi connectivity index (χ0v) is 6.46. The molecule has 0 bridgehead atoms. The van der Waals surface area contributed by atoms with E-state index in [1.54, 1.807) is 0 Å². The van der Waals surface area contributed by atoms with Gasteiger partial charge in [0.05, 0.1) is 0 Å². The molecule has 0 atom stereocenters. The molecule has 4 heteroatoms. The highest BCUT2D eigenvalue weighted by Gasteiger charge is 1.86. The molecule has 2 aromatic rings. The second-order valence-electron chi connectivity index (χ2n) is 2.06. The normalized spacial score (nSPS) is 7.67. The summed E-state index contributed by atoms with van der Waals surface area (Å²) in [5, 5.41) is 1.28. The van der Waals surface area contributed by atoms with Gasteiger partial charge in [-0.1, -0.05) is 18.2 Å². The largest absolute Gasteiger partial charge is 0.412 e. The van der Waals surface area contributed by atoms with Gasteiger partial charge in [-0.15, -0.1) is 0 Å². The van der Waals surface area contributed by atoms with Gasteiger partial charge in [-0.3, -0.25) is 0 Å². The third-order valence-electron chi connectivity index (χ3n) is 1.46.